The van der Waals surface area contributed by atoms with Crippen molar-refractivity contribution in [3.63, 3.8) is 0 Å². The van der Waals surface area contributed by atoms with Gasteiger partial charge < -0.3 is 0 Å². The van der Waals surface area contributed by atoms with Crippen molar-refractivity contribution in [3.05, 3.63) is 58.3 Å². The van der Waals surface area contributed by atoms with Gasteiger partial charge in [-0.2, -0.15) is 11.3 Å². The Labute approximate surface area is 115 Å². The Morgan fingerprint density at radius 2 is 1.84 bits per heavy atom. The molecule has 1 heterocycles. The number of benzene rings is 1. The Hall–Kier alpha value is -2.14. The summed E-state index contributed by atoms with van der Waals surface area (Å²) in [5.41, 5.74) is 6.45. The van der Waals surface area contributed by atoms with E-state index in [2.05, 4.69) is 10.9 Å². The number of rotatable bonds is 4. The van der Waals surface area contributed by atoms with Crippen molar-refractivity contribution >= 4 is 23.2 Å². The minimum absolute atomic E-state index is 0.199. The third kappa shape index (κ3) is 4.22. The summed E-state index contributed by atoms with van der Waals surface area (Å²) in [6.45, 7) is 0. The number of hydrogen-bond acceptors (Lipinski definition) is 3. The van der Waals surface area contributed by atoms with Crippen molar-refractivity contribution in [2.24, 2.45) is 0 Å². The van der Waals surface area contributed by atoms with E-state index in [0.717, 1.165) is 5.56 Å². The Bertz CT molecular complexity index is 538. The standard InChI is InChI=1S/C14H14N2O2S/c17-13(7-6-11-8-9-19-10-11)15-16-14(18)12-4-2-1-3-5-12/h1-5,8-10H,6-7H2,(H,15,17)(H,16,18). The van der Waals surface area contributed by atoms with Crippen LogP contribution in [0.5, 0.6) is 0 Å². The van der Waals surface area contributed by atoms with E-state index in [1.165, 1.54) is 0 Å². The van der Waals surface area contributed by atoms with Crippen molar-refractivity contribution in [2.75, 3.05) is 0 Å². The van der Waals surface area contributed by atoms with Crippen LogP contribution in [0.15, 0.2) is 47.2 Å². The Balaban J connectivity index is 1.73. The topological polar surface area (TPSA) is 58.2 Å². The molecule has 0 saturated carbocycles. The molecule has 0 spiro atoms. The van der Waals surface area contributed by atoms with Crippen molar-refractivity contribution in [1.29, 1.82) is 0 Å². The predicted molar refractivity (Wildman–Crippen MR) is 74.7 cm³/mol. The zero-order valence-electron chi connectivity index (χ0n) is 10.3. The molecule has 5 heteroatoms. The van der Waals surface area contributed by atoms with E-state index in [9.17, 15) is 9.59 Å². The summed E-state index contributed by atoms with van der Waals surface area (Å²) in [7, 11) is 0. The number of hydrogen-bond donors (Lipinski definition) is 2. The Morgan fingerprint density at radius 3 is 2.53 bits per heavy atom. The average molecular weight is 274 g/mol. The second-order valence-electron chi connectivity index (χ2n) is 4.00. The van der Waals surface area contributed by atoms with Crippen LogP contribution in [0, 0.1) is 0 Å². The molecule has 2 aromatic rings. The number of thiophene rings is 1. The van der Waals surface area contributed by atoms with E-state index >= 15 is 0 Å². The lowest BCUT2D eigenvalue weighted by atomic mass is 10.2. The summed E-state index contributed by atoms with van der Waals surface area (Å²) < 4.78 is 0. The van der Waals surface area contributed by atoms with Gasteiger partial charge in [-0.3, -0.25) is 20.4 Å². The molecule has 0 saturated heterocycles. The lowest BCUT2D eigenvalue weighted by Gasteiger charge is -2.06. The molecule has 19 heavy (non-hydrogen) atoms. The maximum Gasteiger partial charge on any atom is 0.269 e. The van der Waals surface area contributed by atoms with Crippen molar-refractivity contribution in [2.45, 2.75) is 12.8 Å². The molecule has 0 radical (unpaired) electrons. The van der Waals surface area contributed by atoms with Gasteiger partial charge in [0.05, 0.1) is 0 Å². The number of aryl methyl sites for hydroxylation is 1. The van der Waals surface area contributed by atoms with Gasteiger partial charge in [-0.25, -0.2) is 0 Å². The van der Waals surface area contributed by atoms with Gasteiger partial charge in [-0.05, 0) is 40.9 Å². The lowest BCUT2D eigenvalue weighted by Crippen LogP contribution is -2.41. The molecule has 2 rings (SSSR count). The first-order valence-corrected chi connectivity index (χ1v) is 6.85. The number of nitrogens with one attached hydrogen (secondary N) is 2. The summed E-state index contributed by atoms with van der Waals surface area (Å²) in [5.74, 6) is -0.514. The number of carbonyl (C=O) groups is 2. The van der Waals surface area contributed by atoms with E-state index in [1.54, 1.807) is 35.6 Å². The smallest absolute Gasteiger partial charge is 0.269 e. The Morgan fingerprint density at radius 1 is 1.05 bits per heavy atom. The molecule has 2 amide bonds. The quantitative estimate of drug-likeness (QED) is 0.839. The van der Waals surface area contributed by atoms with Gasteiger partial charge in [-0.15, -0.1) is 0 Å². The van der Waals surface area contributed by atoms with Gasteiger partial charge in [0.25, 0.3) is 5.91 Å². The lowest BCUT2D eigenvalue weighted by molar-refractivity contribution is -0.121. The Kier molecular flexibility index (Phi) is 4.69. The molecule has 1 aromatic heterocycles. The highest BCUT2D eigenvalue weighted by molar-refractivity contribution is 7.07. The van der Waals surface area contributed by atoms with Gasteiger partial charge >= 0.3 is 0 Å². The first-order chi connectivity index (χ1) is 9.25. The van der Waals surface area contributed by atoms with Crippen molar-refractivity contribution in [3.8, 4) is 0 Å². The first kappa shape index (κ1) is 13.3. The highest BCUT2D eigenvalue weighted by Gasteiger charge is 2.06. The molecular formula is C14H14N2O2S. The monoisotopic (exact) mass is 274 g/mol. The fourth-order valence-electron chi connectivity index (χ4n) is 1.54. The maximum atomic E-state index is 11.7. The normalized spacial score (nSPS) is 9.89. The highest BCUT2D eigenvalue weighted by Crippen LogP contribution is 2.07. The van der Waals surface area contributed by atoms with Crippen LogP contribution in [0.4, 0.5) is 0 Å². The van der Waals surface area contributed by atoms with Crippen LogP contribution in [0.2, 0.25) is 0 Å². The highest BCUT2D eigenvalue weighted by atomic mass is 32.1. The molecule has 0 aliphatic heterocycles. The first-order valence-electron chi connectivity index (χ1n) is 5.91. The second-order valence-corrected chi connectivity index (χ2v) is 4.78. The number of carbonyl (C=O) groups excluding carboxylic acids is 2. The van der Waals surface area contributed by atoms with E-state index < -0.39 is 0 Å². The van der Waals surface area contributed by atoms with E-state index in [-0.39, 0.29) is 11.8 Å². The van der Waals surface area contributed by atoms with Crippen LogP contribution >= 0.6 is 11.3 Å². The van der Waals surface area contributed by atoms with Crippen LogP contribution in [0.25, 0.3) is 0 Å². The minimum Gasteiger partial charge on any atom is -0.273 e. The van der Waals surface area contributed by atoms with Crippen LogP contribution in [-0.2, 0) is 11.2 Å². The van der Waals surface area contributed by atoms with Crippen LogP contribution < -0.4 is 10.9 Å². The summed E-state index contributed by atoms with van der Waals surface area (Å²) >= 11 is 1.61. The fourth-order valence-corrected chi connectivity index (χ4v) is 2.25. The molecule has 0 atom stereocenters. The number of hydrazine groups is 1. The fraction of sp³-hybridized carbons (Fsp3) is 0.143. The van der Waals surface area contributed by atoms with Crippen LogP contribution in [0.3, 0.4) is 0 Å². The molecular weight excluding hydrogens is 260 g/mol. The SMILES string of the molecule is O=C(CCc1ccsc1)NNC(=O)c1ccccc1. The van der Waals surface area contributed by atoms with E-state index in [0.29, 0.717) is 18.4 Å². The summed E-state index contributed by atoms with van der Waals surface area (Å²) in [6.07, 6.45) is 1.03. The molecule has 0 bridgehead atoms. The van der Waals surface area contributed by atoms with Crippen LogP contribution in [-0.4, -0.2) is 11.8 Å². The molecule has 0 aliphatic carbocycles. The molecule has 0 aliphatic rings. The van der Waals surface area contributed by atoms with Crippen molar-refractivity contribution in [1.82, 2.24) is 10.9 Å². The largest absolute Gasteiger partial charge is 0.273 e. The van der Waals surface area contributed by atoms with Gasteiger partial charge in [-0.1, -0.05) is 18.2 Å². The van der Waals surface area contributed by atoms with Crippen LogP contribution in [0.1, 0.15) is 22.3 Å². The molecule has 4 nitrogen and oxygen atoms in total. The van der Waals surface area contributed by atoms with Gasteiger partial charge in [0.2, 0.25) is 5.91 Å². The zero-order chi connectivity index (χ0) is 13.5. The second kappa shape index (κ2) is 6.70. The average Bonchev–Trinajstić information content (AvgIpc) is 2.96. The molecule has 2 N–H and O–H groups in total. The molecule has 0 fully saturated rings. The molecule has 1 aromatic carbocycles. The van der Waals surface area contributed by atoms with E-state index in [1.807, 2.05) is 22.9 Å². The summed E-state index contributed by atoms with van der Waals surface area (Å²) in [5, 5.41) is 3.99. The third-order valence-corrected chi connectivity index (χ3v) is 3.30. The third-order valence-electron chi connectivity index (χ3n) is 2.57. The van der Waals surface area contributed by atoms with Gasteiger partial charge in [0.15, 0.2) is 0 Å². The molecule has 0 unspecified atom stereocenters. The maximum absolute atomic E-state index is 11.7. The minimum atomic E-state index is -0.315. The molecule has 98 valence electrons. The predicted octanol–water partition coefficient (Wildman–Crippen LogP) is 2.14. The van der Waals surface area contributed by atoms with Crippen molar-refractivity contribution < 1.29 is 9.59 Å². The van der Waals surface area contributed by atoms with E-state index in [4.69, 9.17) is 0 Å². The zero-order valence-corrected chi connectivity index (χ0v) is 11.1. The van der Waals surface area contributed by atoms with Gasteiger partial charge in [0, 0.05) is 12.0 Å². The number of amides is 2. The summed E-state index contributed by atoms with van der Waals surface area (Å²) in [6, 6.07) is 10.7. The van der Waals surface area contributed by atoms with Gasteiger partial charge in [0.1, 0.15) is 0 Å². The summed E-state index contributed by atoms with van der Waals surface area (Å²) in [4.78, 5) is 23.2.